The van der Waals surface area contributed by atoms with Gasteiger partial charge in [-0.1, -0.05) is 5.16 Å². The second-order valence-corrected chi connectivity index (χ2v) is 6.46. The van der Waals surface area contributed by atoms with Crippen LogP contribution in [0.5, 0.6) is 11.6 Å². The highest BCUT2D eigenvalue weighted by Crippen LogP contribution is 2.23. The summed E-state index contributed by atoms with van der Waals surface area (Å²) in [4.78, 5) is 20.5. The number of hydrogen-bond acceptors (Lipinski definition) is 7. The Labute approximate surface area is 166 Å². The van der Waals surface area contributed by atoms with E-state index in [-0.39, 0.29) is 11.6 Å². The maximum Gasteiger partial charge on any atom is 0.277 e. The van der Waals surface area contributed by atoms with E-state index in [0.717, 1.165) is 11.4 Å². The van der Waals surface area contributed by atoms with Gasteiger partial charge in [-0.2, -0.15) is 5.10 Å². The molecule has 0 unspecified atom stereocenters. The molecule has 3 aromatic heterocycles. The number of anilines is 1. The lowest BCUT2D eigenvalue weighted by Gasteiger charge is -2.08. The maximum absolute atomic E-state index is 12.1. The van der Waals surface area contributed by atoms with Gasteiger partial charge < -0.3 is 14.6 Å². The molecule has 0 fully saturated rings. The predicted octanol–water partition coefficient (Wildman–Crippen LogP) is 3.62. The Hall–Kier alpha value is -4.01. The lowest BCUT2D eigenvalue weighted by Crippen LogP contribution is -2.11. The average Bonchev–Trinajstić information content (AvgIpc) is 3.28. The minimum atomic E-state index is -0.346. The molecule has 9 nitrogen and oxygen atoms in total. The second-order valence-electron chi connectivity index (χ2n) is 6.46. The van der Waals surface area contributed by atoms with Gasteiger partial charge in [0.2, 0.25) is 5.88 Å². The van der Waals surface area contributed by atoms with E-state index in [1.165, 1.54) is 6.33 Å². The Morgan fingerprint density at radius 3 is 2.52 bits per heavy atom. The summed E-state index contributed by atoms with van der Waals surface area (Å²) in [6.07, 6.45) is 1.43. The number of amides is 1. The summed E-state index contributed by atoms with van der Waals surface area (Å²) in [6.45, 7) is 5.60. The minimum absolute atomic E-state index is 0.223. The van der Waals surface area contributed by atoms with Gasteiger partial charge in [-0.15, -0.1) is 0 Å². The van der Waals surface area contributed by atoms with Crippen LogP contribution in [0.3, 0.4) is 0 Å². The van der Waals surface area contributed by atoms with Crippen LogP contribution in [0.15, 0.2) is 53.3 Å². The number of rotatable bonds is 5. The number of carbonyl (C=O) groups excluding carboxylic acids is 1. The zero-order chi connectivity index (χ0) is 20.4. The lowest BCUT2D eigenvalue weighted by atomic mass is 10.3. The van der Waals surface area contributed by atoms with Crippen LogP contribution >= 0.6 is 0 Å². The molecule has 0 bridgehead atoms. The van der Waals surface area contributed by atoms with Crippen molar-refractivity contribution in [1.29, 1.82) is 0 Å². The van der Waals surface area contributed by atoms with Crippen molar-refractivity contribution in [3.8, 4) is 17.4 Å². The summed E-state index contributed by atoms with van der Waals surface area (Å²) in [5, 5.41) is 10.9. The fourth-order valence-corrected chi connectivity index (χ4v) is 2.76. The molecule has 0 spiro atoms. The average molecular weight is 390 g/mol. The number of benzene rings is 1. The van der Waals surface area contributed by atoms with Crippen LogP contribution in [0.2, 0.25) is 0 Å². The molecule has 0 saturated heterocycles. The summed E-state index contributed by atoms with van der Waals surface area (Å²) < 4.78 is 12.4. The normalized spacial score (nSPS) is 10.7. The van der Waals surface area contributed by atoms with Crippen molar-refractivity contribution >= 4 is 11.6 Å². The van der Waals surface area contributed by atoms with Crippen LogP contribution in [-0.4, -0.2) is 30.8 Å². The molecule has 0 aliphatic rings. The summed E-state index contributed by atoms with van der Waals surface area (Å²) in [5.41, 5.74) is 2.70. The molecular weight excluding hydrogens is 372 g/mol. The van der Waals surface area contributed by atoms with Crippen LogP contribution in [0.25, 0.3) is 5.82 Å². The van der Waals surface area contributed by atoms with Crippen molar-refractivity contribution < 1.29 is 14.1 Å². The molecule has 1 N–H and O–H groups in total. The Bertz CT molecular complexity index is 1160. The third-order valence-electron chi connectivity index (χ3n) is 4.05. The number of aryl methyl sites for hydroxylation is 3. The van der Waals surface area contributed by atoms with E-state index >= 15 is 0 Å². The molecule has 4 aromatic rings. The van der Waals surface area contributed by atoms with E-state index in [1.807, 2.05) is 19.9 Å². The quantitative estimate of drug-likeness (QED) is 0.554. The number of carbonyl (C=O) groups is 1. The summed E-state index contributed by atoms with van der Waals surface area (Å²) in [7, 11) is 0. The highest BCUT2D eigenvalue weighted by Gasteiger charge is 2.11. The predicted molar refractivity (Wildman–Crippen MR) is 104 cm³/mol. The smallest absolute Gasteiger partial charge is 0.277 e. The molecule has 29 heavy (non-hydrogen) atoms. The van der Waals surface area contributed by atoms with Crippen LogP contribution in [-0.2, 0) is 0 Å². The van der Waals surface area contributed by atoms with Crippen LogP contribution in [0, 0.1) is 20.8 Å². The van der Waals surface area contributed by atoms with Gasteiger partial charge in [0.05, 0.1) is 5.69 Å². The molecule has 1 aromatic carbocycles. The topological polar surface area (TPSA) is 108 Å². The minimum Gasteiger partial charge on any atom is -0.439 e. The van der Waals surface area contributed by atoms with Crippen molar-refractivity contribution in [3.05, 3.63) is 71.6 Å². The standard InChI is InChI=1S/C20H18N6O3/c1-12-8-13(2)26(24-12)18-10-19(22-11-21-18)28-16-6-4-15(5-7-16)23-20(27)17-9-14(3)29-25-17/h4-11H,1-3H3,(H,23,27). The Kier molecular flexibility index (Phi) is 4.78. The number of aromatic nitrogens is 5. The van der Waals surface area contributed by atoms with Crippen molar-refractivity contribution in [3.63, 3.8) is 0 Å². The fraction of sp³-hybridized carbons (Fsp3) is 0.150. The van der Waals surface area contributed by atoms with Crippen LogP contribution in [0.4, 0.5) is 5.69 Å². The molecular formula is C20H18N6O3. The van der Waals surface area contributed by atoms with E-state index in [0.29, 0.717) is 28.9 Å². The maximum atomic E-state index is 12.1. The summed E-state index contributed by atoms with van der Waals surface area (Å²) in [5.74, 6) is 1.80. The first-order chi connectivity index (χ1) is 14.0. The molecule has 146 valence electrons. The first-order valence-electron chi connectivity index (χ1n) is 8.86. The Balaban J connectivity index is 1.46. The highest BCUT2D eigenvalue weighted by molar-refractivity contribution is 6.02. The van der Waals surface area contributed by atoms with Gasteiger partial charge in [-0.3, -0.25) is 4.79 Å². The Morgan fingerprint density at radius 1 is 1.07 bits per heavy atom. The molecule has 0 saturated carbocycles. The van der Waals surface area contributed by atoms with E-state index < -0.39 is 0 Å². The zero-order valence-electron chi connectivity index (χ0n) is 16.1. The molecule has 0 atom stereocenters. The molecule has 0 aliphatic carbocycles. The summed E-state index contributed by atoms with van der Waals surface area (Å²) >= 11 is 0. The molecule has 9 heteroatoms. The van der Waals surface area contributed by atoms with Crippen molar-refractivity contribution in [2.24, 2.45) is 0 Å². The first kappa shape index (κ1) is 18.4. The lowest BCUT2D eigenvalue weighted by molar-refractivity contribution is 0.101. The summed E-state index contributed by atoms with van der Waals surface area (Å²) in [6, 6.07) is 12.2. The van der Waals surface area contributed by atoms with E-state index in [9.17, 15) is 4.79 Å². The third-order valence-corrected chi connectivity index (χ3v) is 4.05. The Morgan fingerprint density at radius 2 is 1.86 bits per heavy atom. The van der Waals surface area contributed by atoms with Gasteiger partial charge >= 0.3 is 0 Å². The number of ether oxygens (including phenoxy) is 1. The molecule has 3 heterocycles. The van der Waals surface area contributed by atoms with Crippen molar-refractivity contribution in [1.82, 2.24) is 24.9 Å². The van der Waals surface area contributed by atoms with Gasteiger partial charge in [0.1, 0.15) is 17.8 Å². The van der Waals surface area contributed by atoms with E-state index in [1.54, 1.807) is 48.0 Å². The van der Waals surface area contributed by atoms with Crippen LogP contribution in [0.1, 0.15) is 27.6 Å². The van der Waals surface area contributed by atoms with Gasteiger partial charge in [0.25, 0.3) is 5.91 Å². The number of nitrogens with one attached hydrogen (secondary N) is 1. The van der Waals surface area contributed by atoms with E-state index in [2.05, 4.69) is 25.5 Å². The number of nitrogens with zero attached hydrogens (tertiary/aromatic N) is 5. The molecule has 1 amide bonds. The SMILES string of the molecule is Cc1cc(C)n(-c2cc(Oc3ccc(NC(=O)c4cc(C)on4)cc3)ncn2)n1. The highest BCUT2D eigenvalue weighted by atomic mass is 16.5. The van der Waals surface area contributed by atoms with Crippen molar-refractivity contribution in [2.75, 3.05) is 5.32 Å². The monoisotopic (exact) mass is 390 g/mol. The number of hydrogen-bond donors (Lipinski definition) is 1. The fourth-order valence-electron chi connectivity index (χ4n) is 2.76. The molecule has 0 aliphatic heterocycles. The molecule has 0 radical (unpaired) electrons. The molecule has 4 rings (SSSR count). The van der Waals surface area contributed by atoms with Gasteiger partial charge in [0.15, 0.2) is 11.5 Å². The third kappa shape index (κ3) is 4.13. The largest absolute Gasteiger partial charge is 0.439 e. The zero-order valence-corrected chi connectivity index (χ0v) is 16.1. The van der Waals surface area contributed by atoms with Crippen LogP contribution < -0.4 is 10.1 Å². The van der Waals surface area contributed by atoms with Gasteiger partial charge in [-0.05, 0) is 51.1 Å². The second kappa shape index (κ2) is 7.55. The first-order valence-corrected chi connectivity index (χ1v) is 8.86. The van der Waals surface area contributed by atoms with Gasteiger partial charge in [0, 0.05) is 23.5 Å². The van der Waals surface area contributed by atoms with Gasteiger partial charge in [-0.25, -0.2) is 14.6 Å². The van der Waals surface area contributed by atoms with Crippen molar-refractivity contribution in [2.45, 2.75) is 20.8 Å². The van der Waals surface area contributed by atoms with E-state index in [4.69, 9.17) is 9.26 Å².